The van der Waals surface area contributed by atoms with Crippen LogP contribution in [0, 0.1) is 0 Å². The number of furan rings is 1. The Morgan fingerprint density at radius 1 is 1.26 bits per heavy atom. The number of nitrogens with zero attached hydrogens (tertiary/aromatic N) is 1. The highest BCUT2D eigenvalue weighted by molar-refractivity contribution is 6.30. The van der Waals surface area contributed by atoms with Gasteiger partial charge in [-0.05, 0) is 24.3 Å². The molecule has 0 spiro atoms. The molecule has 1 saturated heterocycles. The number of halogens is 1. The predicted octanol–water partition coefficient (Wildman–Crippen LogP) is 3.68. The van der Waals surface area contributed by atoms with Crippen molar-refractivity contribution in [3.63, 3.8) is 0 Å². The van der Waals surface area contributed by atoms with Crippen molar-refractivity contribution in [2.24, 2.45) is 0 Å². The quantitative estimate of drug-likeness (QED) is 0.529. The number of hydrogen-bond acceptors (Lipinski definition) is 3. The maximum absolute atomic E-state index is 12.1. The minimum Gasteiger partial charge on any atom is -0.457 e. The van der Waals surface area contributed by atoms with Crippen LogP contribution in [0.5, 0.6) is 0 Å². The third kappa shape index (κ3) is 3.05. The number of amides is 3. The molecule has 1 aromatic carbocycles. The van der Waals surface area contributed by atoms with Gasteiger partial charge in [0.05, 0.1) is 0 Å². The molecule has 0 bridgehead atoms. The van der Waals surface area contributed by atoms with Crippen molar-refractivity contribution in [2.45, 2.75) is 0 Å². The third-order valence-electron chi connectivity index (χ3n) is 3.30. The van der Waals surface area contributed by atoms with Gasteiger partial charge < -0.3 is 9.73 Å². The zero-order valence-electron chi connectivity index (χ0n) is 12.1. The highest BCUT2D eigenvalue weighted by atomic mass is 35.5. The molecule has 0 aliphatic carbocycles. The molecule has 0 saturated carbocycles. The van der Waals surface area contributed by atoms with Crippen molar-refractivity contribution < 1.29 is 14.0 Å². The summed E-state index contributed by atoms with van der Waals surface area (Å²) in [6, 6.07) is 10.3. The second-order valence-corrected chi connectivity index (χ2v) is 5.34. The number of benzene rings is 1. The summed E-state index contributed by atoms with van der Waals surface area (Å²) in [7, 11) is 0. The molecular formula is C17H13ClN2O3. The number of carbonyl (C=O) groups excluding carboxylic acids is 2. The molecule has 0 radical (unpaired) electrons. The summed E-state index contributed by atoms with van der Waals surface area (Å²) < 4.78 is 5.69. The predicted molar refractivity (Wildman–Crippen MR) is 87.6 cm³/mol. The van der Waals surface area contributed by atoms with Gasteiger partial charge in [-0.2, -0.15) is 0 Å². The van der Waals surface area contributed by atoms with Crippen LogP contribution in [-0.2, 0) is 4.79 Å². The first-order chi connectivity index (χ1) is 11.1. The summed E-state index contributed by atoms with van der Waals surface area (Å²) >= 11 is 5.96. The van der Waals surface area contributed by atoms with Gasteiger partial charge in [-0.15, -0.1) is 6.58 Å². The highest BCUT2D eigenvalue weighted by Crippen LogP contribution is 2.26. The fourth-order valence-corrected chi connectivity index (χ4v) is 2.43. The van der Waals surface area contributed by atoms with E-state index in [0.29, 0.717) is 16.5 Å². The van der Waals surface area contributed by atoms with E-state index in [1.807, 2.05) is 12.1 Å². The Morgan fingerprint density at radius 3 is 2.83 bits per heavy atom. The minimum absolute atomic E-state index is 0.161. The topological polar surface area (TPSA) is 62.6 Å². The summed E-state index contributed by atoms with van der Waals surface area (Å²) in [6.45, 7) is 3.68. The highest BCUT2D eigenvalue weighted by Gasteiger charge is 2.32. The van der Waals surface area contributed by atoms with E-state index in [0.717, 1.165) is 10.5 Å². The van der Waals surface area contributed by atoms with Crippen LogP contribution in [0.4, 0.5) is 4.79 Å². The number of nitrogens with one attached hydrogen (secondary N) is 1. The van der Waals surface area contributed by atoms with Gasteiger partial charge in [0.1, 0.15) is 17.2 Å². The van der Waals surface area contributed by atoms with Crippen molar-refractivity contribution in [3.05, 3.63) is 65.5 Å². The van der Waals surface area contributed by atoms with Crippen molar-refractivity contribution in [3.8, 4) is 11.3 Å². The van der Waals surface area contributed by atoms with Crippen molar-refractivity contribution in [1.29, 1.82) is 0 Å². The van der Waals surface area contributed by atoms with Crippen LogP contribution in [0.1, 0.15) is 5.76 Å². The van der Waals surface area contributed by atoms with E-state index >= 15 is 0 Å². The van der Waals surface area contributed by atoms with Gasteiger partial charge in [-0.1, -0.05) is 29.8 Å². The second-order valence-electron chi connectivity index (χ2n) is 4.90. The maximum atomic E-state index is 12.1. The van der Waals surface area contributed by atoms with Crippen LogP contribution in [0.25, 0.3) is 17.4 Å². The van der Waals surface area contributed by atoms with Gasteiger partial charge >= 0.3 is 6.03 Å². The van der Waals surface area contributed by atoms with E-state index in [-0.39, 0.29) is 12.2 Å². The smallest absolute Gasteiger partial charge is 0.329 e. The lowest BCUT2D eigenvalue weighted by atomic mass is 10.2. The molecule has 3 rings (SSSR count). The van der Waals surface area contributed by atoms with E-state index in [2.05, 4.69) is 11.9 Å². The zero-order chi connectivity index (χ0) is 16.4. The van der Waals surface area contributed by atoms with Crippen LogP contribution >= 0.6 is 11.6 Å². The van der Waals surface area contributed by atoms with Crippen LogP contribution < -0.4 is 5.32 Å². The van der Waals surface area contributed by atoms with E-state index in [1.54, 1.807) is 24.3 Å². The average Bonchev–Trinajstić information content (AvgIpc) is 3.09. The Morgan fingerprint density at radius 2 is 2.09 bits per heavy atom. The van der Waals surface area contributed by atoms with Gasteiger partial charge in [-0.25, -0.2) is 4.79 Å². The van der Waals surface area contributed by atoms with Gasteiger partial charge in [0.2, 0.25) is 0 Å². The second kappa shape index (κ2) is 6.14. The molecule has 3 amide bonds. The number of rotatable bonds is 4. The fraction of sp³-hybridized carbons (Fsp3) is 0.0588. The third-order valence-corrected chi connectivity index (χ3v) is 3.53. The molecule has 1 N–H and O–H groups in total. The minimum atomic E-state index is -0.470. The number of urea groups is 1. The number of imide groups is 1. The van der Waals surface area contributed by atoms with Crippen LogP contribution in [-0.4, -0.2) is 23.4 Å². The molecule has 23 heavy (non-hydrogen) atoms. The summed E-state index contributed by atoms with van der Waals surface area (Å²) in [5, 5.41) is 3.12. The summed E-state index contributed by atoms with van der Waals surface area (Å²) in [6.07, 6.45) is 2.99. The molecule has 6 heteroatoms. The number of hydrogen-bond donors (Lipinski definition) is 1. The Labute approximate surface area is 137 Å². The normalized spacial score (nSPS) is 16.0. The van der Waals surface area contributed by atoms with Gasteiger partial charge in [0, 0.05) is 23.2 Å². The Bertz CT molecular complexity index is 823. The summed E-state index contributed by atoms with van der Waals surface area (Å²) in [4.78, 5) is 24.9. The van der Waals surface area contributed by atoms with Crippen LogP contribution in [0.3, 0.4) is 0 Å². The van der Waals surface area contributed by atoms with Gasteiger partial charge in [0.15, 0.2) is 0 Å². The summed E-state index contributed by atoms with van der Waals surface area (Å²) in [5.41, 5.74) is 1.00. The van der Waals surface area contributed by atoms with Gasteiger partial charge in [0.25, 0.3) is 5.91 Å². The Balaban J connectivity index is 1.85. The van der Waals surface area contributed by atoms with Crippen molar-refractivity contribution in [1.82, 2.24) is 10.2 Å². The monoisotopic (exact) mass is 328 g/mol. The SMILES string of the molecule is C=CCN1C(=O)N/C(=C/c2ccc(-c3cccc(Cl)c3)o2)C1=O. The van der Waals surface area contributed by atoms with Crippen molar-refractivity contribution >= 4 is 29.6 Å². The molecule has 1 aliphatic heterocycles. The summed E-state index contributed by atoms with van der Waals surface area (Å²) in [5.74, 6) is 0.679. The van der Waals surface area contributed by atoms with Crippen molar-refractivity contribution in [2.75, 3.05) is 6.54 Å². The molecule has 2 heterocycles. The maximum Gasteiger partial charge on any atom is 0.329 e. The first kappa shape index (κ1) is 15.1. The largest absolute Gasteiger partial charge is 0.457 e. The molecule has 0 unspecified atom stereocenters. The first-order valence-electron chi connectivity index (χ1n) is 6.89. The van der Waals surface area contributed by atoms with E-state index in [4.69, 9.17) is 16.0 Å². The molecular weight excluding hydrogens is 316 g/mol. The Kier molecular flexibility index (Phi) is 4.04. The average molecular weight is 329 g/mol. The molecule has 116 valence electrons. The zero-order valence-corrected chi connectivity index (χ0v) is 12.8. The molecule has 5 nitrogen and oxygen atoms in total. The van der Waals surface area contributed by atoms with E-state index in [1.165, 1.54) is 12.2 Å². The Hall–Kier alpha value is -2.79. The van der Waals surface area contributed by atoms with E-state index < -0.39 is 11.9 Å². The standard InChI is InChI=1S/C17H13ClN2O3/c1-2-8-20-16(21)14(19-17(20)22)10-13-6-7-15(23-13)11-4-3-5-12(18)9-11/h2-7,9-10H,1,8H2,(H,19,22)/b14-10+. The lowest BCUT2D eigenvalue weighted by molar-refractivity contribution is -0.122. The number of carbonyl (C=O) groups is 2. The molecule has 2 aromatic rings. The van der Waals surface area contributed by atoms with E-state index in [9.17, 15) is 9.59 Å². The fourth-order valence-electron chi connectivity index (χ4n) is 2.24. The molecule has 1 fully saturated rings. The van der Waals surface area contributed by atoms with Crippen LogP contribution in [0.15, 0.2) is 59.2 Å². The van der Waals surface area contributed by atoms with Gasteiger partial charge in [-0.3, -0.25) is 9.69 Å². The van der Waals surface area contributed by atoms with Crippen LogP contribution in [0.2, 0.25) is 5.02 Å². The molecule has 0 atom stereocenters. The lowest BCUT2D eigenvalue weighted by Gasteiger charge is -2.06. The molecule has 1 aromatic heterocycles. The lowest BCUT2D eigenvalue weighted by Crippen LogP contribution is -2.30. The molecule has 1 aliphatic rings. The first-order valence-corrected chi connectivity index (χ1v) is 7.27.